The Labute approximate surface area is 126 Å². The predicted octanol–water partition coefficient (Wildman–Crippen LogP) is 4.44. The summed E-state index contributed by atoms with van der Waals surface area (Å²) in [7, 11) is 0.807. The first kappa shape index (κ1) is 14.2. The summed E-state index contributed by atoms with van der Waals surface area (Å²) in [5.41, 5.74) is 3.25. The molecule has 1 aromatic rings. The molecular weight excluding hydrogens is 260 g/mol. The van der Waals surface area contributed by atoms with E-state index < -0.39 is 0 Å². The molecular formula is C18H28OSi. The summed E-state index contributed by atoms with van der Waals surface area (Å²) in [5.74, 6) is 2.79. The van der Waals surface area contributed by atoms with Crippen molar-refractivity contribution in [2.75, 3.05) is 0 Å². The lowest BCUT2D eigenvalue weighted by molar-refractivity contribution is 0.412. The van der Waals surface area contributed by atoms with Gasteiger partial charge in [0.1, 0.15) is 5.75 Å². The summed E-state index contributed by atoms with van der Waals surface area (Å²) >= 11 is 0. The second-order valence-electron chi connectivity index (χ2n) is 6.63. The maximum Gasteiger partial charge on any atom is 0.204 e. The first-order valence-electron chi connectivity index (χ1n) is 8.57. The standard InChI is InChI=1S/C18H28OSi/c20-19-17-13-7-12-16(14-8-3-1-4-9-14)18(17)15-10-5-2-6-11-15/h7,12-15H,1-6,8-11H2,20H3. The molecule has 3 rings (SSSR count). The van der Waals surface area contributed by atoms with Crippen molar-refractivity contribution >= 4 is 10.5 Å². The molecule has 0 unspecified atom stereocenters. The van der Waals surface area contributed by atoms with Crippen molar-refractivity contribution in [3.63, 3.8) is 0 Å². The largest absolute Gasteiger partial charge is 0.553 e. The zero-order chi connectivity index (χ0) is 13.8. The van der Waals surface area contributed by atoms with Crippen molar-refractivity contribution in [2.24, 2.45) is 0 Å². The Bertz CT molecular complexity index is 431. The van der Waals surface area contributed by atoms with Gasteiger partial charge < -0.3 is 4.43 Å². The van der Waals surface area contributed by atoms with Crippen molar-refractivity contribution in [1.82, 2.24) is 0 Å². The fourth-order valence-electron chi connectivity index (χ4n) is 4.34. The van der Waals surface area contributed by atoms with E-state index in [0.29, 0.717) is 0 Å². The highest BCUT2D eigenvalue weighted by atomic mass is 28.2. The van der Waals surface area contributed by atoms with E-state index in [2.05, 4.69) is 18.2 Å². The third-order valence-corrected chi connectivity index (χ3v) is 5.82. The van der Waals surface area contributed by atoms with E-state index in [-0.39, 0.29) is 0 Å². The summed E-state index contributed by atoms with van der Waals surface area (Å²) in [6.45, 7) is 0. The molecule has 0 radical (unpaired) electrons. The van der Waals surface area contributed by atoms with Crippen molar-refractivity contribution < 1.29 is 4.43 Å². The van der Waals surface area contributed by atoms with Crippen molar-refractivity contribution in [2.45, 2.75) is 76.0 Å². The summed E-state index contributed by atoms with van der Waals surface area (Å²) in [5, 5.41) is 0. The van der Waals surface area contributed by atoms with E-state index in [1.54, 1.807) is 11.1 Å². The summed E-state index contributed by atoms with van der Waals surface area (Å²) in [4.78, 5) is 0. The highest BCUT2D eigenvalue weighted by Crippen LogP contribution is 2.44. The Balaban J connectivity index is 1.94. The van der Waals surface area contributed by atoms with E-state index in [4.69, 9.17) is 4.43 Å². The van der Waals surface area contributed by atoms with Crippen LogP contribution in [0.3, 0.4) is 0 Å². The number of rotatable bonds is 3. The van der Waals surface area contributed by atoms with Crippen molar-refractivity contribution in [1.29, 1.82) is 0 Å². The first-order chi connectivity index (χ1) is 9.90. The average molecular weight is 289 g/mol. The summed E-state index contributed by atoms with van der Waals surface area (Å²) < 4.78 is 5.87. The lowest BCUT2D eigenvalue weighted by Crippen LogP contribution is -2.13. The van der Waals surface area contributed by atoms with Gasteiger partial charge in [-0.1, -0.05) is 50.7 Å². The van der Waals surface area contributed by atoms with E-state index in [0.717, 1.165) is 22.3 Å². The fraction of sp³-hybridized carbons (Fsp3) is 0.667. The van der Waals surface area contributed by atoms with Crippen LogP contribution >= 0.6 is 0 Å². The quantitative estimate of drug-likeness (QED) is 0.747. The van der Waals surface area contributed by atoms with Gasteiger partial charge in [-0.15, -0.1) is 0 Å². The Morgan fingerprint density at radius 1 is 0.800 bits per heavy atom. The molecule has 2 aliphatic rings. The van der Waals surface area contributed by atoms with Gasteiger partial charge in [0.25, 0.3) is 0 Å². The first-order valence-corrected chi connectivity index (χ1v) is 9.38. The summed E-state index contributed by atoms with van der Waals surface area (Å²) in [6, 6.07) is 6.84. The molecule has 0 aliphatic heterocycles. The highest BCUT2D eigenvalue weighted by Gasteiger charge is 2.26. The monoisotopic (exact) mass is 288 g/mol. The van der Waals surface area contributed by atoms with Gasteiger partial charge in [-0.3, -0.25) is 0 Å². The van der Waals surface area contributed by atoms with Gasteiger partial charge in [0.05, 0.1) is 0 Å². The molecule has 1 aromatic carbocycles. The molecule has 0 bridgehead atoms. The normalized spacial score (nSPS) is 22.0. The number of hydrogen-bond acceptors (Lipinski definition) is 1. The Kier molecular flexibility index (Phi) is 4.82. The Morgan fingerprint density at radius 3 is 2.00 bits per heavy atom. The topological polar surface area (TPSA) is 9.23 Å². The molecule has 1 nitrogen and oxygen atoms in total. The molecule has 0 aromatic heterocycles. The minimum absolute atomic E-state index is 0.769. The molecule has 0 heterocycles. The third-order valence-electron chi connectivity index (χ3n) is 5.38. The Morgan fingerprint density at radius 2 is 1.40 bits per heavy atom. The third kappa shape index (κ3) is 2.95. The molecule has 0 amide bonds. The predicted molar refractivity (Wildman–Crippen MR) is 88.7 cm³/mol. The van der Waals surface area contributed by atoms with E-state index in [1.165, 1.54) is 70.0 Å². The van der Waals surface area contributed by atoms with E-state index >= 15 is 0 Å². The van der Waals surface area contributed by atoms with E-state index in [9.17, 15) is 0 Å². The van der Waals surface area contributed by atoms with Crippen LogP contribution in [0.4, 0.5) is 0 Å². The molecule has 0 saturated heterocycles. The van der Waals surface area contributed by atoms with Gasteiger partial charge in [0.2, 0.25) is 10.5 Å². The lowest BCUT2D eigenvalue weighted by atomic mass is 9.75. The van der Waals surface area contributed by atoms with Crippen LogP contribution in [0.15, 0.2) is 18.2 Å². The lowest BCUT2D eigenvalue weighted by Gasteiger charge is -2.31. The van der Waals surface area contributed by atoms with Crippen LogP contribution in [0.25, 0.3) is 0 Å². The van der Waals surface area contributed by atoms with Gasteiger partial charge in [0, 0.05) is 0 Å². The molecule has 0 spiro atoms. The minimum atomic E-state index is 0.769. The SMILES string of the molecule is [SiH3]Oc1cccc(C2CCCCC2)c1C1CCCCC1. The fourth-order valence-corrected chi connectivity index (χ4v) is 4.69. The second kappa shape index (κ2) is 6.80. The highest BCUT2D eigenvalue weighted by molar-refractivity contribution is 6.00. The molecule has 2 saturated carbocycles. The molecule has 2 aliphatic carbocycles. The molecule has 20 heavy (non-hydrogen) atoms. The number of benzene rings is 1. The maximum atomic E-state index is 5.87. The van der Waals surface area contributed by atoms with Crippen molar-refractivity contribution in [3.05, 3.63) is 29.3 Å². The van der Waals surface area contributed by atoms with Gasteiger partial charge in [-0.25, -0.2) is 0 Å². The van der Waals surface area contributed by atoms with Crippen LogP contribution in [-0.2, 0) is 0 Å². The minimum Gasteiger partial charge on any atom is -0.553 e. The molecule has 0 N–H and O–H groups in total. The van der Waals surface area contributed by atoms with Gasteiger partial charge in [0.15, 0.2) is 0 Å². The van der Waals surface area contributed by atoms with E-state index in [1.807, 2.05) is 0 Å². The average Bonchev–Trinajstić information content (AvgIpc) is 2.55. The van der Waals surface area contributed by atoms with Gasteiger partial charge >= 0.3 is 0 Å². The van der Waals surface area contributed by atoms with Gasteiger partial charge in [-0.2, -0.15) is 0 Å². The zero-order valence-corrected chi connectivity index (χ0v) is 14.9. The van der Waals surface area contributed by atoms with Crippen LogP contribution < -0.4 is 4.43 Å². The molecule has 110 valence electrons. The van der Waals surface area contributed by atoms with Crippen LogP contribution in [0.2, 0.25) is 0 Å². The van der Waals surface area contributed by atoms with Crippen LogP contribution in [0.5, 0.6) is 5.75 Å². The smallest absolute Gasteiger partial charge is 0.204 e. The number of hydrogen-bond donors (Lipinski definition) is 0. The van der Waals surface area contributed by atoms with Crippen LogP contribution in [0, 0.1) is 0 Å². The zero-order valence-electron chi connectivity index (χ0n) is 12.9. The molecule has 2 heteroatoms. The summed E-state index contributed by atoms with van der Waals surface area (Å²) in [6.07, 6.45) is 14.1. The van der Waals surface area contributed by atoms with Crippen LogP contribution in [0.1, 0.15) is 87.2 Å². The molecule has 0 atom stereocenters. The van der Waals surface area contributed by atoms with Crippen LogP contribution in [-0.4, -0.2) is 10.5 Å². The maximum absolute atomic E-state index is 5.87. The van der Waals surface area contributed by atoms with Crippen molar-refractivity contribution in [3.8, 4) is 5.75 Å². The second-order valence-corrected chi connectivity index (χ2v) is 7.04. The Hall–Kier alpha value is -0.763. The molecule has 2 fully saturated rings. The van der Waals surface area contributed by atoms with Gasteiger partial charge in [-0.05, 0) is 54.7 Å².